The minimum absolute atomic E-state index is 0.0694. The van der Waals surface area contributed by atoms with Gasteiger partial charge in [-0.2, -0.15) is 4.91 Å². The molecule has 0 radical (unpaired) electrons. The van der Waals surface area contributed by atoms with Crippen LogP contribution in [0.2, 0.25) is 0 Å². The minimum Gasteiger partial charge on any atom is -0.151 e. The molecule has 2 aromatic rings. The van der Waals surface area contributed by atoms with Gasteiger partial charge in [0.25, 0.3) is 0 Å². The highest BCUT2D eigenvalue weighted by Gasteiger charge is 2.13. The van der Waals surface area contributed by atoms with E-state index in [0.29, 0.717) is 0 Å². The van der Waals surface area contributed by atoms with Gasteiger partial charge in [0.1, 0.15) is 0 Å². The van der Waals surface area contributed by atoms with Crippen LogP contribution in [0.4, 0.5) is 0 Å². The first-order valence-corrected chi connectivity index (χ1v) is 5.31. The Hall–Kier alpha value is -1.96. The molecule has 0 saturated heterocycles. The second-order valence-corrected chi connectivity index (χ2v) is 3.69. The van der Waals surface area contributed by atoms with Crippen LogP contribution in [0.25, 0.3) is 0 Å². The molecule has 0 spiro atoms. The zero-order chi connectivity index (χ0) is 11.2. The van der Waals surface area contributed by atoms with E-state index >= 15 is 0 Å². The van der Waals surface area contributed by atoms with E-state index in [2.05, 4.69) is 5.18 Å². The first-order chi connectivity index (χ1) is 7.92. The molecule has 80 valence electrons. The van der Waals surface area contributed by atoms with Crippen LogP contribution in [0, 0.1) is 4.91 Å². The maximum atomic E-state index is 10.5. The third-order valence-corrected chi connectivity index (χ3v) is 2.66. The quantitative estimate of drug-likeness (QED) is 0.710. The maximum absolute atomic E-state index is 10.5. The van der Waals surface area contributed by atoms with Crippen LogP contribution in [0.1, 0.15) is 17.0 Å². The van der Waals surface area contributed by atoms with Crippen molar-refractivity contribution in [3.05, 3.63) is 76.7 Å². The molecular formula is C14H13NO. The Morgan fingerprint density at radius 2 is 1.25 bits per heavy atom. The topological polar surface area (TPSA) is 29.4 Å². The fraction of sp³-hybridized carbons (Fsp3) is 0.143. The Balaban J connectivity index is 2.35. The lowest BCUT2D eigenvalue weighted by atomic mass is 9.91. The lowest BCUT2D eigenvalue weighted by molar-refractivity contribution is 0.815. The molecular weight excluding hydrogens is 198 g/mol. The number of rotatable bonds is 4. The average molecular weight is 211 g/mol. The third kappa shape index (κ3) is 2.34. The molecule has 0 amide bonds. The van der Waals surface area contributed by atoms with Gasteiger partial charge in [0.15, 0.2) is 0 Å². The fourth-order valence-electron chi connectivity index (χ4n) is 1.85. The first kappa shape index (κ1) is 10.6. The Bertz CT molecular complexity index is 399. The fourth-order valence-corrected chi connectivity index (χ4v) is 1.85. The number of benzene rings is 2. The molecule has 2 nitrogen and oxygen atoms in total. The molecule has 0 saturated carbocycles. The van der Waals surface area contributed by atoms with Crippen molar-refractivity contribution >= 4 is 0 Å². The van der Waals surface area contributed by atoms with Crippen molar-refractivity contribution < 1.29 is 0 Å². The summed E-state index contributed by atoms with van der Waals surface area (Å²) in [6, 6.07) is 20.0. The van der Waals surface area contributed by atoms with Crippen LogP contribution in [-0.4, -0.2) is 6.54 Å². The van der Waals surface area contributed by atoms with Crippen LogP contribution in [0.5, 0.6) is 0 Å². The molecule has 0 aromatic heterocycles. The molecule has 0 fully saturated rings. The summed E-state index contributed by atoms with van der Waals surface area (Å²) < 4.78 is 0. The Kier molecular flexibility index (Phi) is 3.44. The summed E-state index contributed by atoms with van der Waals surface area (Å²) in [5, 5.41) is 3.04. The van der Waals surface area contributed by atoms with Crippen molar-refractivity contribution in [2.24, 2.45) is 5.18 Å². The summed E-state index contributed by atoms with van der Waals surface area (Å²) in [6.45, 7) is 0.286. The van der Waals surface area contributed by atoms with Gasteiger partial charge in [0.05, 0.1) is 6.54 Å². The van der Waals surface area contributed by atoms with Gasteiger partial charge in [0.2, 0.25) is 0 Å². The van der Waals surface area contributed by atoms with Gasteiger partial charge < -0.3 is 0 Å². The highest BCUT2D eigenvalue weighted by molar-refractivity contribution is 5.32. The van der Waals surface area contributed by atoms with Crippen molar-refractivity contribution in [2.75, 3.05) is 6.54 Å². The number of nitroso groups, excluding NO2 is 1. The van der Waals surface area contributed by atoms with Gasteiger partial charge in [-0.05, 0) is 11.1 Å². The van der Waals surface area contributed by atoms with Gasteiger partial charge in [0, 0.05) is 5.92 Å². The van der Waals surface area contributed by atoms with E-state index in [9.17, 15) is 4.91 Å². The van der Waals surface area contributed by atoms with Crippen molar-refractivity contribution in [2.45, 2.75) is 5.92 Å². The van der Waals surface area contributed by atoms with E-state index in [1.165, 1.54) is 0 Å². The largest absolute Gasteiger partial charge is 0.151 e. The molecule has 0 atom stereocenters. The first-order valence-electron chi connectivity index (χ1n) is 5.31. The summed E-state index contributed by atoms with van der Waals surface area (Å²) >= 11 is 0. The Morgan fingerprint density at radius 1 is 0.812 bits per heavy atom. The molecule has 16 heavy (non-hydrogen) atoms. The molecule has 0 aliphatic carbocycles. The van der Waals surface area contributed by atoms with Crippen LogP contribution in [0.3, 0.4) is 0 Å². The predicted octanol–water partition coefficient (Wildman–Crippen LogP) is 3.58. The Labute approximate surface area is 94.9 Å². The summed E-state index contributed by atoms with van der Waals surface area (Å²) in [5.41, 5.74) is 2.27. The monoisotopic (exact) mass is 211 g/mol. The molecule has 0 bridgehead atoms. The normalized spacial score (nSPS) is 10.3. The standard InChI is InChI=1S/C14H13NO/c16-15-11-14(12-7-3-1-4-8-12)13-9-5-2-6-10-13/h1-10,14H,11H2. The van der Waals surface area contributed by atoms with E-state index in [1.54, 1.807) is 0 Å². The van der Waals surface area contributed by atoms with Gasteiger partial charge in [-0.3, -0.25) is 0 Å². The second kappa shape index (κ2) is 5.21. The molecule has 2 aromatic carbocycles. The molecule has 0 unspecified atom stereocenters. The summed E-state index contributed by atoms with van der Waals surface area (Å²) in [7, 11) is 0. The van der Waals surface area contributed by atoms with Gasteiger partial charge in [-0.1, -0.05) is 65.8 Å². The van der Waals surface area contributed by atoms with Crippen LogP contribution in [-0.2, 0) is 0 Å². The summed E-state index contributed by atoms with van der Waals surface area (Å²) in [5.74, 6) is 0.0694. The second-order valence-electron chi connectivity index (χ2n) is 3.69. The van der Waals surface area contributed by atoms with Crippen molar-refractivity contribution in [1.82, 2.24) is 0 Å². The molecule has 0 heterocycles. The van der Waals surface area contributed by atoms with Crippen LogP contribution in [0.15, 0.2) is 65.8 Å². The maximum Gasteiger partial charge on any atom is 0.0920 e. The third-order valence-electron chi connectivity index (χ3n) is 2.66. The molecule has 0 aliphatic heterocycles. The average Bonchev–Trinajstić information content (AvgIpc) is 2.38. The van der Waals surface area contributed by atoms with E-state index < -0.39 is 0 Å². The number of hydrogen-bond donors (Lipinski definition) is 0. The van der Waals surface area contributed by atoms with Crippen LogP contribution < -0.4 is 0 Å². The zero-order valence-electron chi connectivity index (χ0n) is 8.91. The van der Waals surface area contributed by atoms with E-state index in [1.807, 2.05) is 60.7 Å². The lowest BCUT2D eigenvalue weighted by Crippen LogP contribution is -2.04. The van der Waals surface area contributed by atoms with E-state index in [4.69, 9.17) is 0 Å². The van der Waals surface area contributed by atoms with Crippen molar-refractivity contribution in [3.8, 4) is 0 Å². The molecule has 2 heteroatoms. The highest BCUT2D eigenvalue weighted by atomic mass is 16.3. The van der Waals surface area contributed by atoms with Crippen molar-refractivity contribution in [1.29, 1.82) is 0 Å². The van der Waals surface area contributed by atoms with Crippen LogP contribution >= 0.6 is 0 Å². The van der Waals surface area contributed by atoms with E-state index in [0.717, 1.165) is 11.1 Å². The highest BCUT2D eigenvalue weighted by Crippen LogP contribution is 2.24. The predicted molar refractivity (Wildman–Crippen MR) is 65.4 cm³/mol. The smallest absolute Gasteiger partial charge is 0.0920 e. The lowest BCUT2D eigenvalue weighted by Gasteiger charge is -2.14. The minimum atomic E-state index is 0.0694. The summed E-state index contributed by atoms with van der Waals surface area (Å²) in [6.07, 6.45) is 0. The zero-order valence-corrected chi connectivity index (χ0v) is 8.91. The number of hydrogen-bond acceptors (Lipinski definition) is 2. The molecule has 2 rings (SSSR count). The van der Waals surface area contributed by atoms with Gasteiger partial charge in [-0.25, -0.2) is 0 Å². The number of nitrogens with zero attached hydrogens (tertiary/aromatic N) is 1. The van der Waals surface area contributed by atoms with Crippen molar-refractivity contribution in [3.63, 3.8) is 0 Å². The van der Waals surface area contributed by atoms with Gasteiger partial charge >= 0.3 is 0 Å². The van der Waals surface area contributed by atoms with E-state index in [-0.39, 0.29) is 12.5 Å². The SMILES string of the molecule is O=NCC(c1ccccc1)c1ccccc1. The Morgan fingerprint density at radius 3 is 1.62 bits per heavy atom. The van der Waals surface area contributed by atoms with Gasteiger partial charge in [-0.15, -0.1) is 0 Å². The molecule has 0 aliphatic rings. The summed E-state index contributed by atoms with van der Waals surface area (Å²) in [4.78, 5) is 10.5. The molecule has 0 N–H and O–H groups in total.